The zero-order valence-corrected chi connectivity index (χ0v) is 23.8. The fourth-order valence-electron chi connectivity index (χ4n) is 5.83. The number of rotatable bonds is 4. The monoisotopic (exact) mass is 632 g/mol. The molecule has 2 N–H and O–H groups in total. The van der Waals surface area contributed by atoms with Crippen LogP contribution in [0.4, 0.5) is 26.3 Å². The largest absolute Gasteiger partial charge is 0.490 e. The first-order valence-electron chi connectivity index (χ1n) is 14.3. The van der Waals surface area contributed by atoms with Crippen molar-refractivity contribution >= 4 is 11.9 Å². The number of carboxylic acids is 2. The Morgan fingerprint density at radius 3 is 2.00 bits per heavy atom. The highest BCUT2D eigenvalue weighted by molar-refractivity contribution is 5.73. The van der Waals surface area contributed by atoms with E-state index in [2.05, 4.69) is 40.1 Å². The van der Waals surface area contributed by atoms with Gasteiger partial charge in [0.25, 0.3) is 5.56 Å². The average molecular weight is 633 g/mol. The highest BCUT2D eigenvalue weighted by Gasteiger charge is 2.43. The van der Waals surface area contributed by atoms with Gasteiger partial charge in [-0.1, -0.05) is 30.3 Å². The van der Waals surface area contributed by atoms with Gasteiger partial charge in [-0.2, -0.15) is 26.3 Å². The van der Waals surface area contributed by atoms with Gasteiger partial charge < -0.3 is 15.1 Å². The number of aliphatic carboxylic acids is 2. The van der Waals surface area contributed by atoms with Crippen LogP contribution in [0.1, 0.15) is 48.3 Å². The molecule has 1 aromatic heterocycles. The molecule has 0 amide bonds. The quantitative estimate of drug-likeness (QED) is 0.484. The molecule has 1 aliphatic carbocycles. The number of halogens is 6. The smallest absolute Gasteiger partial charge is 0.475 e. The van der Waals surface area contributed by atoms with Crippen molar-refractivity contribution in [2.24, 2.45) is 11.3 Å². The second-order valence-electron chi connectivity index (χ2n) is 11.8. The molecule has 6 rings (SSSR count). The SMILES string of the molecule is O=C(O)C(F)(F)F.O=C(O)C(F)(F)F.O=c1c2c(nc3n1CC1(CCN(CC4CC4)CC1)C3)CCN(Cc1ccccc1)C2. The predicted octanol–water partition coefficient (Wildman–Crippen LogP) is 4.12. The van der Waals surface area contributed by atoms with Crippen LogP contribution in [0.5, 0.6) is 0 Å². The van der Waals surface area contributed by atoms with Crippen molar-refractivity contribution in [1.29, 1.82) is 0 Å². The summed E-state index contributed by atoms with van der Waals surface area (Å²) >= 11 is 0. The molecule has 9 nitrogen and oxygen atoms in total. The Morgan fingerprint density at radius 1 is 0.909 bits per heavy atom. The minimum absolute atomic E-state index is 0.241. The molecule has 242 valence electrons. The van der Waals surface area contributed by atoms with Crippen molar-refractivity contribution in [2.75, 3.05) is 26.2 Å². The lowest BCUT2D eigenvalue weighted by Crippen LogP contribution is -2.42. The average Bonchev–Trinajstić information content (AvgIpc) is 3.70. The van der Waals surface area contributed by atoms with Gasteiger partial charge in [-0.3, -0.25) is 14.3 Å². The van der Waals surface area contributed by atoms with Crippen LogP contribution >= 0.6 is 0 Å². The molecule has 0 bridgehead atoms. The van der Waals surface area contributed by atoms with Crippen LogP contribution in [-0.4, -0.2) is 80.0 Å². The van der Waals surface area contributed by atoms with Gasteiger partial charge in [-0.15, -0.1) is 0 Å². The number of hydrogen-bond donors (Lipinski definition) is 2. The third kappa shape index (κ3) is 8.80. The van der Waals surface area contributed by atoms with Crippen LogP contribution in [0.25, 0.3) is 0 Å². The van der Waals surface area contributed by atoms with Crippen molar-refractivity contribution in [3.8, 4) is 0 Å². The van der Waals surface area contributed by atoms with Crippen molar-refractivity contribution in [1.82, 2.24) is 19.4 Å². The summed E-state index contributed by atoms with van der Waals surface area (Å²) in [5.74, 6) is -3.49. The van der Waals surface area contributed by atoms with Crippen molar-refractivity contribution in [3.63, 3.8) is 0 Å². The number of hydrogen-bond acceptors (Lipinski definition) is 6. The number of benzene rings is 1. The fraction of sp³-hybridized carbons (Fsp3) is 0.586. The van der Waals surface area contributed by atoms with Crippen LogP contribution in [0.15, 0.2) is 35.1 Å². The van der Waals surface area contributed by atoms with E-state index in [9.17, 15) is 31.1 Å². The lowest BCUT2D eigenvalue weighted by atomic mass is 9.77. The van der Waals surface area contributed by atoms with E-state index in [1.165, 1.54) is 50.9 Å². The third-order valence-electron chi connectivity index (χ3n) is 8.36. The van der Waals surface area contributed by atoms with Gasteiger partial charge >= 0.3 is 24.3 Å². The molecule has 0 unspecified atom stereocenters. The summed E-state index contributed by atoms with van der Waals surface area (Å²) in [6.07, 6.45) is -2.98. The molecule has 3 aliphatic heterocycles. The minimum atomic E-state index is -5.08. The Bertz CT molecular complexity index is 1360. The van der Waals surface area contributed by atoms with Gasteiger partial charge in [0, 0.05) is 45.6 Å². The molecular formula is C29H34F6N4O5. The molecular weight excluding hydrogens is 598 g/mol. The molecule has 0 radical (unpaired) electrons. The molecule has 1 spiro atoms. The standard InChI is InChI=1S/C25H32N4O.2C2HF3O2/c30-24-21-17-28(16-19-4-2-1-3-5-19)11-8-22(21)26-23-14-25(18-29(23)24)9-12-27(13-10-25)15-20-6-7-20;2*3-2(4,5)1(6)7/h1-5,20H,6-18H2;2*(H,6,7). The van der Waals surface area contributed by atoms with E-state index in [0.29, 0.717) is 0 Å². The van der Waals surface area contributed by atoms with Gasteiger partial charge in [0.1, 0.15) is 5.82 Å². The second kappa shape index (κ2) is 13.3. The lowest BCUT2D eigenvalue weighted by Gasteiger charge is -2.38. The number of likely N-dealkylation sites (tertiary alicyclic amines) is 1. The normalized spacial score (nSPS) is 19.6. The zero-order chi connectivity index (χ0) is 32.3. The number of piperidine rings is 1. The Hall–Kier alpha value is -3.46. The van der Waals surface area contributed by atoms with E-state index >= 15 is 0 Å². The summed E-state index contributed by atoms with van der Waals surface area (Å²) in [6.45, 7) is 7.21. The number of nitrogens with zero attached hydrogens (tertiary/aromatic N) is 4. The fourth-order valence-corrected chi connectivity index (χ4v) is 5.83. The van der Waals surface area contributed by atoms with Crippen LogP contribution < -0.4 is 5.56 Å². The molecule has 1 saturated heterocycles. The van der Waals surface area contributed by atoms with Crippen LogP contribution in [0, 0.1) is 11.3 Å². The first-order chi connectivity index (χ1) is 20.6. The maximum absolute atomic E-state index is 13.4. The van der Waals surface area contributed by atoms with Crippen LogP contribution in [0.2, 0.25) is 0 Å². The number of fused-ring (bicyclic) bond motifs is 2. The first kappa shape index (κ1) is 33.4. The molecule has 2 fully saturated rings. The van der Waals surface area contributed by atoms with E-state index in [-0.39, 0.29) is 11.0 Å². The van der Waals surface area contributed by atoms with Crippen molar-refractivity contribution in [2.45, 2.75) is 70.5 Å². The Morgan fingerprint density at radius 2 is 1.48 bits per heavy atom. The van der Waals surface area contributed by atoms with Crippen molar-refractivity contribution < 1.29 is 46.1 Å². The number of carbonyl (C=O) groups is 2. The topological polar surface area (TPSA) is 116 Å². The highest BCUT2D eigenvalue weighted by atomic mass is 19.4. The van der Waals surface area contributed by atoms with E-state index in [1.807, 2.05) is 4.57 Å². The molecule has 2 aromatic rings. The Balaban J connectivity index is 0.000000265. The summed E-state index contributed by atoms with van der Waals surface area (Å²) in [5, 5.41) is 14.2. The van der Waals surface area contributed by atoms with Gasteiger partial charge in [0.05, 0.1) is 11.3 Å². The summed E-state index contributed by atoms with van der Waals surface area (Å²) in [5.41, 5.74) is 3.84. The van der Waals surface area contributed by atoms with E-state index in [1.54, 1.807) is 0 Å². The lowest BCUT2D eigenvalue weighted by molar-refractivity contribution is -0.193. The minimum Gasteiger partial charge on any atom is -0.475 e. The highest BCUT2D eigenvalue weighted by Crippen LogP contribution is 2.41. The third-order valence-corrected chi connectivity index (χ3v) is 8.36. The van der Waals surface area contributed by atoms with Crippen LogP contribution in [0.3, 0.4) is 0 Å². The molecule has 15 heteroatoms. The number of alkyl halides is 6. The molecule has 0 atom stereocenters. The molecule has 4 aliphatic rings. The van der Waals surface area contributed by atoms with Gasteiger partial charge in [-0.05, 0) is 55.7 Å². The summed E-state index contributed by atoms with van der Waals surface area (Å²) in [7, 11) is 0. The predicted molar refractivity (Wildman–Crippen MR) is 145 cm³/mol. The van der Waals surface area contributed by atoms with Crippen LogP contribution in [-0.2, 0) is 42.1 Å². The Labute approximate surface area is 249 Å². The second-order valence-corrected chi connectivity index (χ2v) is 11.8. The van der Waals surface area contributed by atoms with E-state index in [4.69, 9.17) is 24.8 Å². The molecule has 1 aromatic carbocycles. The zero-order valence-electron chi connectivity index (χ0n) is 23.8. The van der Waals surface area contributed by atoms with Gasteiger partial charge in [0.15, 0.2) is 0 Å². The van der Waals surface area contributed by atoms with E-state index < -0.39 is 24.3 Å². The van der Waals surface area contributed by atoms with Crippen molar-refractivity contribution in [3.05, 3.63) is 63.3 Å². The first-order valence-corrected chi connectivity index (χ1v) is 14.3. The Kier molecular flexibility index (Phi) is 10.1. The summed E-state index contributed by atoms with van der Waals surface area (Å²) in [6, 6.07) is 10.6. The maximum Gasteiger partial charge on any atom is 0.490 e. The molecule has 4 heterocycles. The molecule has 1 saturated carbocycles. The van der Waals surface area contributed by atoms with Gasteiger partial charge in [-0.25, -0.2) is 14.6 Å². The van der Waals surface area contributed by atoms with Gasteiger partial charge in [0.2, 0.25) is 0 Å². The summed E-state index contributed by atoms with van der Waals surface area (Å²) < 4.78 is 65.5. The number of carboxylic acid groups (broad SMARTS) is 2. The summed E-state index contributed by atoms with van der Waals surface area (Å²) in [4.78, 5) is 41.3. The maximum atomic E-state index is 13.4. The van der Waals surface area contributed by atoms with E-state index in [0.717, 1.165) is 62.0 Å². The molecule has 44 heavy (non-hydrogen) atoms. The number of aromatic nitrogens is 2.